The van der Waals surface area contributed by atoms with Gasteiger partial charge in [-0.25, -0.2) is 0 Å². The van der Waals surface area contributed by atoms with Crippen LogP contribution in [0.25, 0.3) is 0 Å². The second-order valence-electron chi connectivity index (χ2n) is 3.79. The molecule has 0 amide bonds. The molecule has 0 unspecified atom stereocenters. The normalized spacial score (nSPS) is 16.6. The molecule has 0 spiro atoms. The second-order valence-corrected chi connectivity index (χ2v) is 6.34. The third-order valence-electron chi connectivity index (χ3n) is 2.41. The minimum Gasteiger partial charge on any atom is -0.368 e. The van der Waals surface area contributed by atoms with E-state index in [0.717, 1.165) is 17.1 Å². The van der Waals surface area contributed by atoms with Gasteiger partial charge in [0.15, 0.2) is 5.78 Å². The molecule has 0 radical (unpaired) electrons. The van der Waals surface area contributed by atoms with E-state index < -0.39 is 0 Å². The highest BCUT2D eigenvalue weighted by atomic mass is 33.1. The van der Waals surface area contributed by atoms with E-state index in [2.05, 4.69) is 0 Å². The van der Waals surface area contributed by atoms with Crippen LogP contribution in [0.1, 0.15) is 15.9 Å². The van der Waals surface area contributed by atoms with E-state index in [-0.39, 0.29) is 18.5 Å². The number of rotatable bonds is 4. The first-order valence-electron chi connectivity index (χ1n) is 5.21. The van der Waals surface area contributed by atoms with Gasteiger partial charge < -0.3 is 4.74 Å². The van der Waals surface area contributed by atoms with Gasteiger partial charge in [-0.3, -0.25) is 4.79 Å². The molecular formula is C12H14O2S2. The summed E-state index contributed by atoms with van der Waals surface area (Å²) in [5.74, 6) is 2.06. The zero-order valence-electron chi connectivity index (χ0n) is 9.14. The molecule has 0 aromatic heterocycles. The lowest BCUT2D eigenvalue weighted by molar-refractivity contribution is 0.0617. The van der Waals surface area contributed by atoms with E-state index in [1.807, 2.05) is 52.8 Å². The molecule has 0 aliphatic carbocycles. The minimum atomic E-state index is 0.0712. The van der Waals surface area contributed by atoms with Crippen molar-refractivity contribution in [1.82, 2.24) is 0 Å². The van der Waals surface area contributed by atoms with Crippen molar-refractivity contribution in [2.75, 3.05) is 18.1 Å². The standard InChI is InChI=1S/C12H14O2S2/c1-9-2-4-10(5-3-9)12(13)6-14-11-7-15-16-8-11/h2-5,11H,6-8H2,1H3. The van der Waals surface area contributed by atoms with Crippen molar-refractivity contribution in [3.8, 4) is 0 Å². The lowest BCUT2D eigenvalue weighted by Gasteiger charge is -2.08. The molecule has 86 valence electrons. The van der Waals surface area contributed by atoms with Crippen LogP contribution in [0.2, 0.25) is 0 Å². The molecule has 1 aromatic rings. The van der Waals surface area contributed by atoms with E-state index in [0.29, 0.717) is 0 Å². The Labute approximate surface area is 104 Å². The predicted molar refractivity (Wildman–Crippen MR) is 70.2 cm³/mol. The molecule has 1 aliphatic heterocycles. The van der Waals surface area contributed by atoms with E-state index in [9.17, 15) is 4.79 Å². The van der Waals surface area contributed by atoms with Crippen molar-refractivity contribution in [1.29, 1.82) is 0 Å². The van der Waals surface area contributed by atoms with Gasteiger partial charge in [-0.1, -0.05) is 51.4 Å². The maximum atomic E-state index is 11.8. The van der Waals surface area contributed by atoms with Gasteiger partial charge in [-0.05, 0) is 6.92 Å². The van der Waals surface area contributed by atoms with Crippen molar-refractivity contribution < 1.29 is 9.53 Å². The van der Waals surface area contributed by atoms with Gasteiger partial charge in [0.25, 0.3) is 0 Å². The van der Waals surface area contributed by atoms with Crippen molar-refractivity contribution in [3.63, 3.8) is 0 Å². The molecule has 1 aromatic carbocycles. The van der Waals surface area contributed by atoms with Gasteiger partial charge in [0.05, 0.1) is 6.10 Å². The zero-order chi connectivity index (χ0) is 11.4. The number of hydrogen-bond acceptors (Lipinski definition) is 4. The maximum Gasteiger partial charge on any atom is 0.188 e. The molecule has 0 saturated carbocycles. The summed E-state index contributed by atoms with van der Waals surface area (Å²) in [6, 6.07) is 7.63. The Balaban J connectivity index is 1.85. The minimum absolute atomic E-state index is 0.0712. The summed E-state index contributed by atoms with van der Waals surface area (Å²) in [5.41, 5.74) is 1.91. The molecule has 0 atom stereocenters. The Morgan fingerprint density at radius 1 is 1.31 bits per heavy atom. The van der Waals surface area contributed by atoms with Crippen molar-refractivity contribution in [2.24, 2.45) is 0 Å². The highest BCUT2D eigenvalue weighted by Gasteiger charge is 2.18. The number of aryl methyl sites for hydroxylation is 1. The largest absolute Gasteiger partial charge is 0.368 e. The van der Waals surface area contributed by atoms with E-state index in [4.69, 9.17) is 4.74 Å². The van der Waals surface area contributed by atoms with E-state index in [1.165, 1.54) is 5.56 Å². The zero-order valence-corrected chi connectivity index (χ0v) is 10.8. The van der Waals surface area contributed by atoms with Crippen molar-refractivity contribution in [2.45, 2.75) is 13.0 Å². The fourth-order valence-corrected chi connectivity index (χ4v) is 3.97. The highest BCUT2D eigenvalue weighted by molar-refractivity contribution is 8.77. The highest BCUT2D eigenvalue weighted by Crippen LogP contribution is 2.32. The van der Waals surface area contributed by atoms with Gasteiger partial charge in [0, 0.05) is 17.1 Å². The quantitative estimate of drug-likeness (QED) is 0.609. The lowest BCUT2D eigenvalue weighted by Crippen LogP contribution is -2.19. The Morgan fingerprint density at radius 3 is 2.56 bits per heavy atom. The monoisotopic (exact) mass is 254 g/mol. The van der Waals surface area contributed by atoms with Crippen molar-refractivity contribution >= 4 is 27.4 Å². The van der Waals surface area contributed by atoms with Crippen LogP contribution in [0, 0.1) is 6.92 Å². The number of ketones is 1. The summed E-state index contributed by atoms with van der Waals surface area (Å²) >= 11 is 0. The molecular weight excluding hydrogens is 240 g/mol. The van der Waals surface area contributed by atoms with Crippen LogP contribution >= 0.6 is 21.6 Å². The van der Waals surface area contributed by atoms with Crippen LogP contribution in [-0.2, 0) is 4.74 Å². The molecule has 0 N–H and O–H groups in total. The molecule has 1 fully saturated rings. The maximum absolute atomic E-state index is 11.8. The van der Waals surface area contributed by atoms with Gasteiger partial charge in [0.1, 0.15) is 6.61 Å². The van der Waals surface area contributed by atoms with Gasteiger partial charge in [-0.15, -0.1) is 0 Å². The van der Waals surface area contributed by atoms with Crippen molar-refractivity contribution in [3.05, 3.63) is 35.4 Å². The molecule has 0 bridgehead atoms. The molecule has 2 rings (SSSR count). The third kappa shape index (κ3) is 3.27. The summed E-state index contributed by atoms with van der Waals surface area (Å²) in [5, 5.41) is 0. The smallest absolute Gasteiger partial charge is 0.188 e. The van der Waals surface area contributed by atoms with Crippen LogP contribution in [0.15, 0.2) is 24.3 Å². The molecule has 2 nitrogen and oxygen atoms in total. The molecule has 1 heterocycles. The average molecular weight is 254 g/mol. The molecule has 16 heavy (non-hydrogen) atoms. The fourth-order valence-electron chi connectivity index (χ4n) is 1.41. The number of carbonyl (C=O) groups is 1. The number of ether oxygens (including phenoxy) is 1. The van der Waals surface area contributed by atoms with Gasteiger partial charge >= 0.3 is 0 Å². The fraction of sp³-hybridized carbons (Fsp3) is 0.417. The first kappa shape index (κ1) is 12.0. The second kappa shape index (κ2) is 5.75. The van der Waals surface area contributed by atoms with Gasteiger partial charge in [-0.2, -0.15) is 0 Å². The number of carbonyl (C=O) groups excluding carboxylic acids is 1. The average Bonchev–Trinajstić information content (AvgIpc) is 2.80. The lowest BCUT2D eigenvalue weighted by atomic mass is 10.1. The number of Topliss-reactive ketones (excluding diaryl/α,β-unsaturated/α-hetero) is 1. The van der Waals surface area contributed by atoms with Gasteiger partial charge in [0.2, 0.25) is 0 Å². The third-order valence-corrected chi connectivity index (χ3v) is 4.91. The first-order valence-corrected chi connectivity index (χ1v) is 7.70. The first-order chi connectivity index (χ1) is 7.75. The summed E-state index contributed by atoms with van der Waals surface area (Å²) < 4.78 is 5.56. The SMILES string of the molecule is Cc1ccc(C(=O)COC2CSSC2)cc1. The summed E-state index contributed by atoms with van der Waals surface area (Å²) in [4.78, 5) is 11.8. The summed E-state index contributed by atoms with van der Waals surface area (Å²) in [6.07, 6.45) is 0.240. The molecule has 4 heteroatoms. The topological polar surface area (TPSA) is 26.3 Å². The molecule has 1 saturated heterocycles. The van der Waals surface area contributed by atoms with Crippen LogP contribution in [0.3, 0.4) is 0 Å². The Morgan fingerprint density at radius 2 is 1.94 bits per heavy atom. The predicted octanol–water partition coefficient (Wildman–Crippen LogP) is 2.96. The Kier molecular flexibility index (Phi) is 4.32. The number of hydrogen-bond donors (Lipinski definition) is 0. The van der Waals surface area contributed by atoms with Crippen LogP contribution in [-0.4, -0.2) is 30.0 Å². The van der Waals surface area contributed by atoms with Crippen LogP contribution in [0.4, 0.5) is 0 Å². The molecule has 1 aliphatic rings. The van der Waals surface area contributed by atoms with Crippen LogP contribution < -0.4 is 0 Å². The number of benzene rings is 1. The van der Waals surface area contributed by atoms with E-state index >= 15 is 0 Å². The van der Waals surface area contributed by atoms with E-state index in [1.54, 1.807) is 0 Å². The summed E-state index contributed by atoms with van der Waals surface area (Å²) in [7, 11) is 3.62. The Bertz CT molecular complexity index is 356. The summed E-state index contributed by atoms with van der Waals surface area (Å²) in [6.45, 7) is 2.21. The van der Waals surface area contributed by atoms with Crippen LogP contribution in [0.5, 0.6) is 0 Å². The Hall–Kier alpha value is -0.450.